The van der Waals surface area contributed by atoms with Gasteiger partial charge in [0.15, 0.2) is 0 Å². The van der Waals surface area contributed by atoms with Crippen LogP contribution in [-0.4, -0.2) is 66.3 Å². The van der Waals surface area contributed by atoms with Crippen LogP contribution in [-0.2, 0) is 4.74 Å². The number of hydrogen-bond acceptors (Lipinski definition) is 5. The van der Waals surface area contributed by atoms with Crippen molar-refractivity contribution in [2.24, 2.45) is 0 Å². The van der Waals surface area contributed by atoms with Gasteiger partial charge in [0.1, 0.15) is 11.6 Å². The van der Waals surface area contributed by atoms with Crippen LogP contribution in [0.15, 0.2) is 6.07 Å². The molecule has 7 nitrogen and oxygen atoms in total. The largest absolute Gasteiger partial charge is 0.376 e. The predicted octanol–water partition coefficient (Wildman–Crippen LogP) is 1.92. The molecule has 0 unspecified atom stereocenters. The zero-order valence-electron chi connectivity index (χ0n) is 15.5. The van der Waals surface area contributed by atoms with E-state index in [-0.39, 0.29) is 12.1 Å². The third-order valence-electron chi connectivity index (χ3n) is 4.77. The molecule has 2 aliphatic rings. The summed E-state index contributed by atoms with van der Waals surface area (Å²) in [5.41, 5.74) is 0.991. The Bertz CT molecular complexity index is 593. The van der Waals surface area contributed by atoms with Gasteiger partial charge in [-0.1, -0.05) is 13.8 Å². The second-order valence-electron chi connectivity index (χ2n) is 7.18. The summed E-state index contributed by atoms with van der Waals surface area (Å²) in [6, 6.07) is 2.04. The highest BCUT2D eigenvalue weighted by Crippen LogP contribution is 2.18. The smallest absolute Gasteiger partial charge is 0.317 e. The number of hydrogen-bond donors (Lipinski definition) is 1. The molecular formula is C18H29N5O2. The molecule has 1 aromatic rings. The fourth-order valence-corrected chi connectivity index (χ4v) is 3.25. The average molecular weight is 347 g/mol. The number of carbonyl (C=O) groups excluding carboxylic acids is 1. The Hall–Kier alpha value is -1.89. The number of ether oxygens (including phenoxy) is 1. The van der Waals surface area contributed by atoms with E-state index >= 15 is 0 Å². The Balaban J connectivity index is 1.52. The summed E-state index contributed by atoms with van der Waals surface area (Å²) in [5.74, 6) is 2.16. The molecule has 2 amide bonds. The summed E-state index contributed by atoms with van der Waals surface area (Å²) < 4.78 is 5.55. The number of amides is 2. The highest BCUT2D eigenvalue weighted by atomic mass is 16.5. The Morgan fingerprint density at radius 3 is 2.72 bits per heavy atom. The molecule has 1 aromatic heterocycles. The van der Waals surface area contributed by atoms with E-state index in [2.05, 4.69) is 29.0 Å². The van der Waals surface area contributed by atoms with Crippen LogP contribution in [0.4, 0.5) is 10.6 Å². The molecule has 0 aromatic carbocycles. The number of anilines is 1. The molecule has 0 aliphatic carbocycles. The fourth-order valence-electron chi connectivity index (χ4n) is 3.25. The van der Waals surface area contributed by atoms with E-state index in [0.29, 0.717) is 25.6 Å². The summed E-state index contributed by atoms with van der Waals surface area (Å²) in [6.07, 6.45) is 2.32. The van der Waals surface area contributed by atoms with Gasteiger partial charge in [0, 0.05) is 57.0 Å². The van der Waals surface area contributed by atoms with E-state index in [4.69, 9.17) is 9.72 Å². The third-order valence-corrected chi connectivity index (χ3v) is 4.77. The number of rotatable bonds is 4. The zero-order chi connectivity index (χ0) is 17.8. The van der Waals surface area contributed by atoms with Gasteiger partial charge in [0.2, 0.25) is 0 Å². The lowest BCUT2D eigenvalue weighted by atomic mass is 10.2. The van der Waals surface area contributed by atoms with Crippen molar-refractivity contribution in [1.29, 1.82) is 0 Å². The molecule has 0 spiro atoms. The lowest BCUT2D eigenvalue weighted by Crippen LogP contribution is -2.52. The number of nitrogens with one attached hydrogen (secondary N) is 1. The number of aromatic nitrogens is 2. The summed E-state index contributed by atoms with van der Waals surface area (Å²) in [4.78, 5) is 25.6. The molecule has 25 heavy (non-hydrogen) atoms. The second-order valence-corrected chi connectivity index (χ2v) is 7.18. The van der Waals surface area contributed by atoms with Crippen molar-refractivity contribution < 1.29 is 9.53 Å². The first kappa shape index (κ1) is 17.9. The Morgan fingerprint density at radius 2 is 2.08 bits per heavy atom. The van der Waals surface area contributed by atoms with Crippen LogP contribution in [0.2, 0.25) is 0 Å². The first-order valence-corrected chi connectivity index (χ1v) is 9.28. The Kier molecular flexibility index (Phi) is 5.73. The van der Waals surface area contributed by atoms with Gasteiger partial charge < -0.3 is 19.9 Å². The lowest BCUT2D eigenvalue weighted by Gasteiger charge is -2.35. The molecule has 2 saturated heterocycles. The number of urea groups is 1. The van der Waals surface area contributed by atoms with E-state index in [1.54, 1.807) is 0 Å². The summed E-state index contributed by atoms with van der Waals surface area (Å²) in [6.45, 7) is 10.6. The van der Waals surface area contributed by atoms with Crippen molar-refractivity contribution in [3.8, 4) is 0 Å². The van der Waals surface area contributed by atoms with Gasteiger partial charge in [0.25, 0.3) is 0 Å². The van der Waals surface area contributed by atoms with E-state index in [9.17, 15) is 4.79 Å². The van der Waals surface area contributed by atoms with Crippen LogP contribution < -0.4 is 10.2 Å². The average Bonchev–Trinajstić information content (AvgIpc) is 3.13. The van der Waals surface area contributed by atoms with E-state index in [1.807, 2.05) is 17.9 Å². The molecule has 0 radical (unpaired) electrons. The van der Waals surface area contributed by atoms with Crippen molar-refractivity contribution in [1.82, 2.24) is 20.2 Å². The highest BCUT2D eigenvalue weighted by molar-refractivity contribution is 5.74. The van der Waals surface area contributed by atoms with Crippen molar-refractivity contribution in [2.45, 2.75) is 45.6 Å². The molecule has 138 valence electrons. The van der Waals surface area contributed by atoms with Crippen molar-refractivity contribution in [3.05, 3.63) is 17.6 Å². The normalized spacial score (nSPS) is 21.0. The quantitative estimate of drug-likeness (QED) is 0.901. The summed E-state index contributed by atoms with van der Waals surface area (Å²) in [7, 11) is 0. The van der Waals surface area contributed by atoms with E-state index < -0.39 is 0 Å². The number of piperazine rings is 1. The first-order chi connectivity index (χ1) is 12.0. The molecule has 3 rings (SSSR count). The van der Waals surface area contributed by atoms with Crippen LogP contribution in [0.25, 0.3) is 0 Å². The van der Waals surface area contributed by atoms with E-state index in [1.165, 1.54) is 0 Å². The van der Waals surface area contributed by atoms with Gasteiger partial charge in [-0.25, -0.2) is 14.8 Å². The van der Waals surface area contributed by atoms with Gasteiger partial charge in [-0.15, -0.1) is 0 Å². The van der Waals surface area contributed by atoms with Crippen molar-refractivity contribution in [3.63, 3.8) is 0 Å². The lowest BCUT2D eigenvalue weighted by molar-refractivity contribution is 0.108. The van der Waals surface area contributed by atoms with Crippen LogP contribution >= 0.6 is 0 Å². The van der Waals surface area contributed by atoms with Gasteiger partial charge in [-0.05, 0) is 19.8 Å². The predicted molar refractivity (Wildman–Crippen MR) is 97.0 cm³/mol. The highest BCUT2D eigenvalue weighted by Gasteiger charge is 2.24. The number of nitrogens with zero attached hydrogens (tertiary/aromatic N) is 4. The number of carbonyl (C=O) groups is 1. The molecular weight excluding hydrogens is 318 g/mol. The van der Waals surface area contributed by atoms with Gasteiger partial charge >= 0.3 is 6.03 Å². The molecule has 3 heterocycles. The van der Waals surface area contributed by atoms with Gasteiger partial charge in [-0.2, -0.15) is 0 Å². The third kappa shape index (κ3) is 4.60. The Labute approximate surface area is 149 Å². The minimum absolute atomic E-state index is 0.0110. The molecule has 1 atom stereocenters. The van der Waals surface area contributed by atoms with Gasteiger partial charge in [0.05, 0.1) is 6.10 Å². The maximum Gasteiger partial charge on any atom is 0.317 e. The van der Waals surface area contributed by atoms with Crippen LogP contribution in [0.5, 0.6) is 0 Å². The van der Waals surface area contributed by atoms with Gasteiger partial charge in [-0.3, -0.25) is 0 Å². The topological polar surface area (TPSA) is 70.6 Å². The minimum atomic E-state index is 0.0110. The van der Waals surface area contributed by atoms with Crippen LogP contribution in [0.1, 0.15) is 44.1 Å². The van der Waals surface area contributed by atoms with E-state index in [0.717, 1.165) is 49.9 Å². The summed E-state index contributed by atoms with van der Waals surface area (Å²) in [5, 5.41) is 3.00. The second kappa shape index (κ2) is 7.99. The molecule has 7 heteroatoms. The standard InChI is InChI=1S/C18H29N5O2/c1-13(2)17-20-14(3)11-16(21-17)22-6-8-23(9-7-22)18(24)19-12-15-5-4-10-25-15/h11,13,15H,4-10,12H2,1-3H3,(H,19,24)/t15-/m0/s1. The maximum atomic E-state index is 12.3. The molecule has 2 fully saturated rings. The minimum Gasteiger partial charge on any atom is -0.376 e. The van der Waals surface area contributed by atoms with Crippen molar-refractivity contribution >= 4 is 11.8 Å². The molecule has 2 aliphatic heterocycles. The van der Waals surface area contributed by atoms with Crippen LogP contribution in [0.3, 0.4) is 0 Å². The maximum absolute atomic E-state index is 12.3. The monoisotopic (exact) mass is 347 g/mol. The fraction of sp³-hybridized carbons (Fsp3) is 0.722. The zero-order valence-corrected chi connectivity index (χ0v) is 15.5. The molecule has 0 bridgehead atoms. The SMILES string of the molecule is Cc1cc(N2CCN(C(=O)NC[C@@H]3CCCO3)CC2)nc(C(C)C)n1. The number of aryl methyl sites for hydroxylation is 1. The molecule has 0 saturated carbocycles. The van der Waals surface area contributed by atoms with Crippen molar-refractivity contribution in [2.75, 3.05) is 44.2 Å². The summed E-state index contributed by atoms with van der Waals surface area (Å²) >= 11 is 0. The first-order valence-electron chi connectivity index (χ1n) is 9.28. The Morgan fingerprint density at radius 1 is 1.32 bits per heavy atom. The van der Waals surface area contributed by atoms with Crippen LogP contribution in [0, 0.1) is 6.92 Å². The molecule has 1 N–H and O–H groups in total.